The van der Waals surface area contributed by atoms with Crippen molar-refractivity contribution < 1.29 is 9.59 Å². The third kappa shape index (κ3) is 4.78. The lowest BCUT2D eigenvalue weighted by atomic mass is 10.0. The summed E-state index contributed by atoms with van der Waals surface area (Å²) < 4.78 is 3.24. The van der Waals surface area contributed by atoms with Crippen LogP contribution in [0.1, 0.15) is 26.4 Å². The first-order chi connectivity index (χ1) is 13.1. The van der Waals surface area contributed by atoms with Gasteiger partial charge in [0.15, 0.2) is 0 Å². The lowest BCUT2D eigenvalue weighted by Crippen LogP contribution is -2.61. The second-order valence-corrected chi connectivity index (χ2v) is 7.27. The summed E-state index contributed by atoms with van der Waals surface area (Å²) in [6, 6.07) is 10.8. The van der Waals surface area contributed by atoms with Crippen molar-refractivity contribution in [2.45, 2.75) is 13.0 Å². The summed E-state index contributed by atoms with van der Waals surface area (Å²) in [6.07, 6.45) is 1.58. The van der Waals surface area contributed by atoms with Crippen LogP contribution < -0.4 is 15.8 Å². The maximum Gasteiger partial charge on any atom is 0.270 e. The Morgan fingerprint density at radius 1 is 1.30 bits per heavy atom. The van der Waals surface area contributed by atoms with Gasteiger partial charge < -0.3 is 20.7 Å². The molecule has 142 valence electrons. The Kier molecular flexibility index (Phi) is 6.31. The van der Waals surface area contributed by atoms with E-state index in [0.29, 0.717) is 30.9 Å². The maximum absolute atomic E-state index is 12.6. The van der Waals surface area contributed by atoms with E-state index in [2.05, 4.69) is 15.0 Å². The van der Waals surface area contributed by atoms with Crippen molar-refractivity contribution in [3.63, 3.8) is 0 Å². The van der Waals surface area contributed by atoms with Gasteiger partial charge in [0.2, 0.25) is 0 Å². The number of aromatic nitrogens is 1. The Bertz CT molecular complexity index is 809. The van der Waals surface area contributed by atoms with Crippen LogP contribution in [-0.2, 0) is 0 Å². The number of nitrogens with zero attached hydrogens (tertiary/aromatic N) is 2. The van der Waals surface area contributed by atoms with Crippen molar-refractivity contribution in [3.05, 3.63) is 59.4 Å². The van der Waals surface area contributed by atoms with Gasteiger partial charge in [-0.1, -0.05) is 18.0 Å². The molecule has 8 heteroatoms. The Morgan fingerprint density at radius 3 is 2.78 bits per heavy atom. The van der Waals surface area contributed by atoms with Gasteiger partial charge in [-0.2, -0.15) is 0 Å². The minimum Gasteiger partial charge on any atom is -0.344 e. The van der Waals surface area contributed by atoms with Crippen molar-refractivity contribution in [2.75, 3.05) is 30.1 Å². The smallest absolute Gasteiger partial charge is 0.270 e. The molecule has 4 N–H and O–H groups in total. The highest BCUT2D eigenvalue weighted by molar-refractivity contribution is 8.00. The summed E-state index contributed by atoms with van der Waals surface area (Å²) in [5.41, 5.74) is 8.50. The molecule has 0 bridgehead atoms. The molecule has 0 atom stereocenters. The van der Waals surface area contributed by atoms with Crippen molar-refractivity contribution in [1.29, 1.82) is 0 Å². The topological polar surface area (TPSA) is 100 Å². The second-order valence-electron chi connectivity index (χ2n) is 6.36. The number of likely N-dealkylation sites (tertiary alicyclic amines) is 1. The standard InChI is InChI=1S/C19H23N5O2S/c1-13-10-14(5-6-16(13)23-27-9-7-20)19(26)24-11-15(12-24)22-18(25)17-4-2-3-8-21-17/h2-6,8,10,15,23H,7,9,11-12,20H2,1H3,(H,22,25). The minimum absolute atomic E-state index is 0.0254. The van der Waals surface area contributed by atoms with Gasteiger partial charge in [0.25, 0.3) is 11.8 Å². The van der Waals surface area contributed by atoms with E-state index in [1.807, 2.05) is 25.1 Å². The normalized spacial score (nSPS) is 13.8. The van der Waals surface area contributed by atoms with Gasteiger partial charge in [0, 0.05) is 42.8 Å². The number of nitrogens with one attached hydrogen (secondary N) is 2. The van der Waals surface area contributed by atoms with Crippen LogP contribution in [0.3, 0.4) is 0 Å². The lowest BCUT2D eigenvalue weighted by molar-refractivity contribution is 0.0542. The molecule has 2 heterocycles. The zero-order valence-electron chi connectivity index (χ0n) is 15.1. The quantitative estimate of drug-likeness (QED) is 0.495. The number of pyridine rings is 1. The zero-order chi connectivity index (χ0) is 19.2. The Morgan fingerprint density at radius 2 is 2.11 bits per heavy atom. The third-order valence-corrected chi connectivity index (χ3v) is 5.08. The Hall–Kier alpha value is -2.58. The van der Waals surface area contributed by atoms with Gasteiger partial charge in [-0.15, -0.1) is 0 Å². The Labute approximate surface area is 162 Å². The SMILES string of the molecule is Cc1cc(C(=O)N2CC(NC(=O)c3ccccn3)C2)ccc1NSCCN. The van der Waals surface area contributed by atoms with E-state index in [4.69, 9.17) is 5.73 Å². The van der Waals surface area contributed by atoms with Gasteiger partial charge >= 0.3 is 0 Å². The predicted octanol–water partition coefficient (Wildman–Crippen LogP) is 1.66. The van der Waals surface area contributed by atoms with Crippen LogP contribution in [0.15, 0.2) is 42.6 Å². The fourth-order valence-corrected chi connectivity index (χ4v) is 3.38. The van der Waals surface area contributed by atoms with Crippen LogP contribution in [0.5, 0.6) is 0 Å². The highest BCUT2D eigenvalue weighted by atomic mass is 32.2. The number of carbonyl (C=O) groups is 2. The number of hydrogen-bond acceptors (Lipinski definition) is 6. The fourth-order valence-electron chi connectivity index (χ4n) is 2.77. The number of carbonyl (C=O) groups excluding carboxylic acids is 2. The van der Waals surface area contributed by atoms with Crippen molar-refractivity contribution in [3.8, 4) is 0 Å². The van der Waals surface area contributed by atoms with Crippen molar-refractivity contribution in [1.82, 2.24) is 15.2 Å². The van der Waals surface area contributed by atoms with E-state index in [0.717, 1.165) is 17.0 Å². The van der Waals surface area contributed by atoms with E-state index in [9.17, 15) is 9.59 Å². The van der Waals surface area contributed by atoms with Crippen molar-refractivity contribution in [2.24, 2.45) is 5.73 Å². The van der Waals surface area contributed by atoms with E-state index in [1.165, 1.54) is 0 Å². The number of nitrogens with two attached hydrogens (primary N) is 1. The molecular weight excluding hydrogens is 362 g/mol. The van der Waals surface area contributed by atoms with E-state index in [1.54, 1.807) is 41.2 Å². The predicted molar refractivity (Wildman–Crippen MR) is 108 cm³/mol. The fraction of sp³-hybridized carbons (Fsp3) is 0.316. The molecule has 0 aliphatic carbocycles. The van der Waals surface area contributed by atoms with Crippen LogP contribution in [-0.4, -0.2) is 53.1 Å². The molecule has 2 amide bonds. The number of anilines is 1. The first-order valence-corrected chi connectivity index (χ1v) is 9.76. The van der Waals surface area contributed by atoms with Gasteiger partial charge in [0.05, 0.1) is 6.04 Å². The molecule has 2 aromatic rings. The van der Waals surface area contributed by atoms with Gasteiger partial charge in [-0.05, 0) is 42.8 Å². The molecule has 27 heavy (non-hydrogen) atoms. The largest absolute Gasteiger partial charge is 0.344 e. The van der Waals surface area contributed by atoms with E-state index in [-0.39, 0.29) is 17.9 Å². The number of hydrogen-bond donors (Lipinski definition) is 3. The number of rotatable bonds is 7. The third-order valence-electron chi connectivity index (χ3n) is 4.28. The number of benzene rings is 1. The monoisotopic (exact) mass is 385 g/mol. The summed E-state index contributed by atoms with van der Waals surface area (Å²) in [5.74, 6) is 0.580. The molecule has 0 saturated carbocycles. The van der Waals surface area contributed by atoms with Crippen LogP contribution in [0.25, 0.3) is 0 Å². The van der Waals surface area contributed by atoms with Crippen LogP contribution >= 0.6 is 11.9 Å². The molecule has 1 aromatic heterocycles. The highest BCUT2D eigenvalue weighted by Crippen LogP contribution is 2.22. The first-order valence-electron chi connectivity index (χ1n) is 8.78. The minimum atomic E-state index is -0.214. The van der Waals surface area contributed by atoms with Gasteiger partial charge in [0.1, 0.15) is 5.69 Å². The van der Waals surface area contributed by atoms with E-state index >= 15 is 0 Å². The summed E-state index contributed by atoms with van der Waals surface area (Å²) >= 11 is 1.55. The zero-order valence-corrected chi connectivity index (χ0v) is 16.0. The summed E-state index contributed by atoms with van der Waals surface area (Å²) in [5, 5.41) is 2.90. The summed E-state index contributed by atoms with van der Waals surface area (Å²) in [6.45, 7) is 3.58. The average Bonchev–Trinajstić information content (AvgIpc) is 2.65. The molecule has 1 aliphatic rings. The Balaban J connectivity index is 1.51. The molecule has 0 spiro atoms. The number of aryl methyl sites for hydroxylation is 1. The van der Waals surface area contributed by atoms with Crippen LogP contribution in [0.4, 0.5) is 5.69 Å². The second kappa shape index (κ2) is 8.88. The number of amides is 2. The van der Waals surface area contributed by atoms with E-state index < -0.39 is 0 Å². The molecule has 0 unspecified atom stereocenters. The first kappa shape index (κ1) is 19.2. The molecule has 1 fully saturated rings. The summed E-state index contributed by atoms with van der Waals surface area (Å²) in [7, 11) is 0. The lowest BCUT2D eigenvalue weighted by Gasteiger charge is -2.39. The molecule has 1 aromatic carbocycles. The van der Waals surface area contributed by atoms with Crippen molar-refractivity contribution >= 4 is 29.4 Å². The van der Waals surface area contributed by atoms with Crippen LogP contribution in [0, 0.1) is 6.92 Å². The molecule has 7 nitrogen and oxygen atoms in total. The molecular formula is C19H23N5O2S. The maximum atomic E-state index is 12.6. The van der Waals surface area contributed by atoms with Gasteiger partial charge in [-0.3, -0.25) is 14.6 Å². The molecule has 0 radical (unpaired) electrons. The molecule has 1 aliphatic heterocycles. The molecule has 3 rings (SSSR count). The highest BCUT2D eigenvalue weighted by Gasteiger charge is 2.32. The average molecular weight is 385 g/mol. The summed E-state index contributed by atoms with van der Waals surface area (Å²) in [4.78, 5) is 30.5. The van der Waals surface area contributed by atoms with Gasteiger partial charge in [-0.25, -0.2) is 0 Å². The van der Waals surface area contributed by atoms with Crippen LogP contribution in [0.2, 0.25) is 0 Å². The molecule has 1 saturated heterocycles.